The van der Waals surface area contributed by atoms with Gasteiger partial charge in [-0.15, -0.1) is 0 Å². The van der Waals surface area contributed by atoms with E-state index in [-0.39, 0.29) is 6.61 Å². The normalized spacial score (nSPS) is 17.0. The molecule has 0 radical (unpaired) electrons. The first kappa shape index (κ1) is 23.4. The number of piperidine rings is 1. The zero-order valence-electron chi connectivity index (χ0n) is 19.0. The lowest BCUT2D eigenvalue weighted by Crippen LogP contribution is -2.46. The van der Waals surface area contributed by atoms with E-state index in [1.165, 1.54) is 24.0 Å². The van der Waals surface area contributed by atoms with Gasteiger partial charge >= 0.3 is 0 Å². The fourth-order valence-corrected chi connectivity index (χ4v) is 4.21. The molecular weight excluding hydrogens is 392 g/mol. The Hall–Kier alpha value is -2.28. The Balaban J connectivity index is 1.52. The van der Waals surface area contributed by atoms with E-state index in [0.717, 1.165) is 49.8 Å². The molecule has 0 saturated carbocycles. The minimum atomic E-state index is 0.0354. The van der Waals surface area contributed by atoms with E-state index in [2.05, 4.69) is 41.1 Å². The first-order chi connectivity index (χ1) is 15.1. The number of likely N-dealkylation sites (tertiary alicyclic amines) is 1. The van der Waals surface area contributed by atoms with Crippen molar-refractivity contribution in [2.45, 2.75) is 31.8 Å². The van der Waals surface area contributed by atoms with E-state index in [4.69, 9.17) is 19.3 Å². The average Bonchev–Trinajstić information content (AvgIpc) is 2.81. The maximum atomic E-state index is 8.96. The molecule has 6 heteroatoms. The third-order valence-electron chi connectivity index (χ3n) is 5.97. The Morgan fingerprint density at radius 1 is 1.06 bits per heavy atom. The van der Waals surface area contributed by atoms with E-state index in [1.54, 1.807) is 14.2 Å². The monoisotopic (exact) mass is 428 g/mol. The third kappa shape index (κ3) is 6.86. The Morgan fingerprint density at radius 2 is 1.90 bits per heavy atom. The van der Waals surface area contributed by atoms with Crippen LogP contribution in [0.5, 0.6) is 17.2 Å². The fourth-order valence-electron chi connectivity index (χ4n) is 4.21. The number of hydrogen-bond acceptors (Lipinski definition) is 6. The summed E-state index contributed by atoms with van der Waals surface area (Å²) in [5.41, 5.74) is 2.51. The van der Waals surface area contributed by atoms with E-state index in [0.29, 0.717) is 12.6 Å². The SMILES string of the molecule is COc1ccc(CCN(C)[C@H]2CCCN(Cc3cccc(OCCO)c3)C2)cc1OC. The van der Waals surface area contributed by atoms with Gasteiger partial charge in [-0.25, -0.2) is 0 Å². The number of benzene rings is 2. The second-order valence-corrected chi connectivity index (χ2v) is 8.17. The van der Waals surface area contributed by atoms with Crippen molar-refractivity contribution in [1.29, 1.82) is 0 Å². The maximum Gasteiger partial charge on any atom is 0.160 e. The van der Waals surface area contributed by atoms with Gasteiger partial charge in [0, 0.05) is 25.7 Å². The van der Waals surface area contributed by atoms with Crippen molar-refractivity contribution >= 4 is 0 Å². The molecule has 1 atom stereocenters. The molecule has 1 aliphatic rings. The highest BCUT2D eigenvalue weighted by Gasteiger charge is 2.23. The van der Waals surface area contributed by atoms with Crippen LogP contribution in [0.1, 0.15) is 24.0 Å². The van der Waals surface area contributed by atoms with Crippen molar-refractivity contribution in [3.8, 4) is 17.2 Å². The van der Waals surface area contributed by atoms with Gasteiger partial charge in [0.05, 0.1) is 20.8 Å². The summed E-state index contributed by atoms with van der Waals surface area (Å²) in [6, 6.07) is 14.9. The average molecular weight is 429 g/mol. The van der Waals surface area contributed by atoms with Crippen molar-refractivity contribution in [2.24, 2.45) is 0 Å². The van der Waals surface area contributed by atoms with Crippen LogP contribution >= 0.6 is 0 Å². The van der Waals surface area contributed by atoms with Gasteiger partial charge in [-0.05, 0) is 68.2 Å². The zero-order chi connectivity index (χ0) is 22.1. The van der Waals surface area contributed by atoms with Gasteiger partial charge in [-0.1, -0.05) is 18.2 Å². The van der Waals surface area contributed by atoms with E-state index < -0.39 is 0 Å². The van der Waals surface area contributed by atoms with Crippen LogP contribution in [0.4, 0.5) is 0 Å². The predicted octanol–water partition coefficient (Wildman–Crippen LogP) is 3.21. The minimum Gasteiger partial charge on any atom is -0.493 e. The number of likely N-dealkylation sites (N-methyl/N-ethyl adjacent to an activating group) is 1. The van der Waals surface area contributed by atoms with Gasteiger partial charge in [0.1, 0.15) is 12.4 Å². The number of aliphatic hydroxyl groups excluding tert-OH is 1. The van der Waals surface area contributed by atoms with Gasteiger partial charge in [-0.2, -0.15) is 0 Å². The number of aliphatic hydroxyl groups is 1. The van der Waals surface area contributed by atoms with Gasteiger partial charge in [0.25, 0.3) is 0 Å². The maximum absolute atomic E-state index is 8.96. The summed E-state index contributed by atoms with van der Waals surface area (Å²) in [5, 5.41) is 8.96. The molecule has 3 rings (SSSR count). The summed E-state index contributed by atoms with van der Waals surface area (Å²) >= 11 is 0. The molecule has 1 N–H and O–H groups in total. The van der Waals surface area contributed by atoms with E-state index in [9.17, 15) is 0 Å². The first-order valence-electron chi connectivity index (χ1n) is 11.1. The van der Waals surface area contributed by atoms with Gasteiger partial charge in [0.15, 0.2) is 11.5 Å². The van der Waals surface area contributed by atoms with Gasteiger partial charge in [0.2, 0.25) is 0 Å². The van der Waals surface area contributed by atoms with E-state index >= 15 is 0 Å². The lowest BCUT2D eigenvalue weighted by molar-refractivity contribution is 0.112. The number of nitrogens with zero attached hydrogens (tertiary/aromatic N) is 2. The summed E-state index contributed by atoms with van der Waals surface area (Å²) in [6.45, 7) is 4.51. The highest BCUT2D eigenvalue weighted by Crippen LogP contribution is 2.28. The molecule has 2 aromatic carbocycles. The first-order valence-corrected chi connectivity index (χ1v) is 11.1. The molecular formula is C25H36N2O4. The Kier molecular flexibility index (Phi) is 9.00. The molecule has 1 fully saturated rings. The number of ether oxygens (including phenoxy) is 3. The van der Waals surface area contributed by atoms with Crippen LogP contribution in [-0.4, -0.2) is 75.1 Å². The molecule has 31 heavy (non-hydrogen) atoms. The molecule has 2 aromatic rings. The molecule has 0 aromatic heterocycles. The van der Waals surface area contributed by atoms with Crippen LogP contribution in [0.3, 0.4) is 0 Å². The van der Waals surface area contributed by atoms with E-state index in [1.807, 2.05) is 18.2 Å². The smallest absolute Gasteiger partial charge is 0.160 e. The molecule has 0 unspecified atom stereocenters. The molecule has 0 spiro atoms. The van der Waals surface area contributed by atoms with Crippen molar-refractivity contribution in [1.82, 2.24) is 9.80 Å². The molecule has 1 heterocycles. The zero-order valence-corrected chi connectivity index (χ0v) is 19.0. The van der Waals surface area contributed by atoms with Crippen molar-refractivity contribution in [3.63, 3.8) is 0 Å². The summed E-state index contributed by atoms with van der Waals surface area (Å²) < 4.78 is 16.3. The second-order valence-electron chi connectivity index (χ2n) is 8.17. The molecule has 170 valence electrons. The summed E-state index contributed by atoms with van der Waals surface area (Å²) in [7, 11) is 5.58. The van der Waals surface area contributed by atoms with Gasteiger partial charge in [-0.3, -0.25) is 4.90 Å². The van der Waals surface area contributed by atoms with Gasteiger partial charge < -0.3 is 24.2 Å². The van der Waals surface area contributed by atoms with Crippen LogP contribution < -0.4 is 14.2 Å². The van der Waals surface area contributed by atoms with Crippen LogP contribution in [0.25, 0.3) is 0 Å². The molecule has 6 nitrogen and oxygen atoms in total. The summed E-state index contributed by atoms with van der Waals surface area (Å²) in [5.74, 6) is 2.39. The third-order valence-corrected chi connectivity index (χ3v) is 5.97. The molecule has 0 bridgehead atoms. The van der Waals surface area contributed by atoms with Crippen LogP contribution in [0.15, 0.2) is 42.5 Å². The largest absolute Gasteiger partial charge is 0.493 e. The molecule has 0 aliphatic carbocycles. The highest BCUT2D eigenvalue weighted by molar-refractivity contribution is 5.43. The van der Waals surface area contributed by atoms with Crippen molar-refractivity contribution in [2.75, 3.05) is 54.1 Å². The molecule has 0 amide bonds. The highest BCUT2D eigenvalue weighted by atomic mass is 16.5. The Morgan fingerprint density at radius 3 is 2.68 bits per heavy atom. The predicted molar refractivity (Wildman–Crippen MR) is 123 cm³/mol. The lowest BCUT2D eigenvalue weighted by atomic mass is 10.0. The molecule has 1 saturated heterocycles. The second kappa shape index (κ2) is 11.9. The van der Waals surface area contributed by atoms with Crippen LogP contribution in [-0.2, 0) is 13.0 Å². The quantitative estimate of drug-likeness (QED) is 0.593. The summed E-state index contributed by atoms with van der Waals surface area (Å²) in [6.07, 6.45) is 3.43. The molecule has 1 aliphatic heterocycles. The Bertz CT molecular complexity index is 814. The van der Waals surface area contributed by atoms with Crippen LogP contribution in [0, 0.1) is 0 Å². The van der Waals surface area contributed by atoms with Crippen molar-refractivity contribution < 1.29 is 19.3 Å². The topological polar surface area (TPSA) is 54.4 Å². The standard InChI is InChI=1S/C25H36N2O4/c1-26(13-11-20-9-10-24(29-2)25(17-20)30-3)22-7-5-12-27(19-22)18-21-6-4-8-23(16-21)31-15-14-28/h4,6,8-10,16-17,22,28H,5,7,11-15,18-19H2,1-3H3/t22-/m0/s1. The number of rotatable bonds is 11. The number of methoxy groups -OCH3 is 2. The summed E-state index contributed by atoms with van der Waals surface area (Å²) in [4.78, 5) is 5.02. The lowest BCUT2D eigenvalue weighted by Gasteiger charge is -2.37. The van der Waals surface area contributed by atoms with Crippen molar-refractivity contribution in [3.05, 3.63) is 53.6 Å². The fraction of sp³-hybridized carbons (Fsp3) is 0.520. The van der Waals surface area contributed by atoms with Crippen LogP contribution in [0.2, 0.25) is 0 Å². The Labute approximate surface area is 186 Å². The number of hydrogen-bond donors (Lipinski definition) is 1. The minimum absolute atomic E-state index is 0.0354.